The molecule has 0 spiro atoms. The van der Waals surface area contributed by atoms with Crippen LogP contribution in [0.15, 0.2) is 24.3 Å². The van der Waals surface area contributed by atoms with Gasteiger partial charge in [0.1, 0.15) is 11.4 Å². The molecule has 1 aromatic heterocycles. The quantitative estimate of drug-likeness (QED) is 0.826. The lowest BCUT2D eigenvalue weighted by Gasteiger charge is -2.26. The van der Waals surface area contributed by atoms with Crippen LogP contribution < -0.4 is 5.73 Å². The van der Waals surface area contributed by atoms with Gasteiger partial charge >= 0.3 is 0 Å². The van der Waals surface area contributed by atoms with Gasteiger partial charge in [-0.05, 0) is 31.4 Å². The second kappa shape index (κ2) is 3.76. The number of benzene rings is 1. The van der Waals surface area contributed by atoms with Crippen LogP contribution in [0.25, 0.3) is 11.3 Å². The number of rotatable bonds is 2. The predicted octanol–water partition coefficient (Wildman–Crippen LogP) is 1.96. The van der Waals surface area contributed by atoms with Crippen molar-refractivity contribution in [2.45, 2.75) is 25.3 Å². The Balaban J connectivity index is 2.13. The monoisotopic (exact) mass is 230 g/mol. The fourth-order valence-corrected chi connectivity index (χ4v) is 2.13. The number of hydrogen-bond donors (Lipinski definition) is 2. The van der Waals surface area contributed by atoms with E-state index in [1.165, 1.54) is 6.42 Å². The van der Waals surface area contributed by atoms with Gasteiger partial charge in [-0.1, -0.05) is 17.3 Å². The van der Waals surface area contributed by atoms with Gasteiger partial charge in [0, 0.05) is 5.56 Å². The van der Waals surface area contributed by atoms with Crippen molar-refractivity contribution in [1.29, 1.82) is 0 Å². The van der Waals surface area contributed by atoms with E-state index >= 15 is 0 Å². The second-order valence-electron chi connectivity index (χ2n) is 4.37. The van der Waals surface area contributed by atoms with Crippen molar-refractivity contribution in [3.05, 3.63) is 24.3 Å². The molecule has 1 aliphatic rings. The van der Waals surface area contributed by atoms with E-state index in [-0.39, 0.29) is 5.75 Å². The molecule has 0 amide bonds. The second-order valence-corrected chi connectivity index (χ2v) is 4.37. The fourth-order valence-electron chi connectivity index (χ4n) is 2.13. The maximum absolute atomic E-state index is 9.88. The van der Waals surface area contributed by atoms with E-state index in [0.29, 0.717) is 17.4 Å². The first-order valence-electron chi connectivity index (χ1n) is 5.76. The molecule has 0 aliphatic heterocycles. The average Bonchev–Trinajstić information content (AvgIpc) is 2.59. The van der Waals surface area contributed by atoms with Crippen molar-refractivity contribution in [2.24, 2.45) is 0 Å². The Bertz CT molecular complexity index is 545. The van der Waals surface area contributed by atoms with E-state index in [0.717, 1.165) is 18.5 Å². The highest BCUT2D eigenvalue weighted by Gasteiger charge is 2.26. The molecule has 0 unspecified atom stereocenters. The molecule has 1 fully saturated rings. The first kappa shape index (κ1) is 10.1. The van der Waals surface area contributed by atoms with Crippen LogP contribution in [0.2, 0.25) is 0 Å². The SMILES string of the molecule is Nc1nnn(C2CCC2)c1-c1ccccc1O. The lowest BCUT2D eigenvalue weighted by molar-refractivity contribution is 0.287. The zero-order chi connectivity index (χ0) is 11.8. The van der Waals surface area contributed by atoms with Crippen LogP contribution in [0.1, 0.15) is 25.3 Å². The Morgan fingerprint density at radius 3 is 2.71 bits per heavy atom. The summed E-state index contributed by atoms with van der Waals surface area (Å²) in [5.41, 5.74) is 7.28. The molecular weight excluding hydrogens is 216 g/mol. The maximum atomic E-state index is 9.88. The highest BCUT2D eigenvalue weighted by Crippen LogP contribution is 2.38. The summed E-state index contributed by atoms with van der Waals surface area (Å²) in [6.07, 6.45) is 3.41. The lowest BCUT2D eigenvalue weighted by atomic mass is 9.93. The van der Waals surface area contributed by atoms with E-state index in [9.17, 15) is 5.11 Å². The minimum atomic E-state index is 0.210. The summed E-state index contributed by atoms with van der Waals surface area (Å²) in [6.45, 7) is 0. The number of nitrogens with zero attached hydrogens (tertiary/aromatic N) is 3. The van der Waals surface area contributed by atoms with Crippen LogP contribution in [0.3, 0.4) is 0 Å². The third-order valence-corrected chi connectivity index (χ3v) is 3.30. The molecule has 3 rings (SSSR count). The molecule has 0 radical (unpaired) electrons. The van der Waals surface area contributed by atoms with Gasteiger partial charge in [0.05, 0.1) is 6.04 Å². The summed E-state index contributed by atoms with van der Waals surface area (Å²) in [6, 6.07) is 7.50. The average molecular weight is 230 g/mol. The Morgan fingerprint density at radius 1 is 1.29 bits per heavy atom. The van der Waals surface area contributed by atoms with Crippen LogP contribution >= 0.6 is 0 Å². The minimum Gasteiger partial charge on any atom is -0.507 e. The highest BCUT2D eigenvalue weighted by atomic mass is 16.3. The normalized spacial score (nSPS) is 15.8. The molecule has 1 heterocycles. The number of anilines is 1. The number of nitrogens with two attached hydrogens (primary N) is 1. The van der Waals surface area contributed by atoms with Crippen molar-refractivity contribution < 1.29 is 5.11 Å². The van der Waals surface area contributed by atoms with Crippen molar-refractivity contribution in [3.8, 4) is 17.0 Å². The van der Waals surface area contributed by atoms with E-state index in [4.69, 9.17) is 5.73 Å². The lowest BCUT2D eigenvalue weighted by Crippen LogP contribution is -2.19. The van der Waals surface area contributed by atoms with Gasteiger partial charge in [-0.25, -0.2) is 4.68 Å². The summed E-state index contributed by atoms with van der Waals surface area (Å²) >= 11 is 0. The van der Waals surface area contributed by atoms with Gasteiger partial charge in [-0.2, -0.15) is 0 Å². The van der Waals surface area contributed by atoms with Gasteiger partial charge in [0.25, 0.3) is 0 Å². The Hall–Kier alpha value is -2.04. The van der Waals surface area contributed by atoms with Crippen molar-refractivity contribution >= 4 is 5.82 Å². The van der Waals surface area contributed by atoms with Gasteiger partial charge < -0.3 is 10.8 Å². The molecule has 5 heteroatoms. The van der Waals surface area contributed by atoms with Gasteiger partial charge in [0.2, 0.25) is 0 Å². The Kier molecular flexibility index (Phi) is 2.24. The minimum absolute atomic E-state index is 0.210. The largest absolute Gasteiger partial charge is 0.507 e. The standard InChI is InChI=1S/C12H14N4O/c13-12-11(9-6-1-2-7-10(9)17)16(15-14-12)8-4-3-5-8/h1-2,6-8,17H,3-5,13H2. The molecule has 88 valence electrons. The Labute approximate surface area is 98.9 Å². The van der Waals surface area contributed by atoms with E-state index in [2.05, 4.69) is 10.3 Å². The van der Waals surface area contributed by atoms with E-state index in [1.54, 1.807) is 12.1 Å². The number of aromatic nitrogens is 3. The van der Waals surface area contributed by atoms with Crippen LogP contribution in [0.4, 0.5) is 5.82 Å². The number of phenolic OH excluding ortho intramolecular Hbond substituents is 1. The molecule has 1 aliphatic carbocycles. The molecule has 0 saturated heterocycles. The summed E-state index contributed by atoms with van der Waals surface area (Å²) in [5, 5.41) is 17.9. The van der Waals surface area contributed by atoms with Gasteiger partial charge in [0.15, 0.2) is 5.82 Å². The van der Waals surface area contributed by atoms with Gasteiger partial charge in [-0.3, -0.25) is 0 Å². The molecule has 3 N–H and O–H groups in total. The molecule has 0 atom stereocenters. The first-order valence-corrected chi connectivity index (χ1v) is 5.76. The summed E-state index contributed by atoms with van der Waals surface area (Å²) in [4.78, 5) is 0. The predicted molar refractivity (Wildman–Crippen MR) is 64.4 cm³/mol. The zero-order valence-electron chi connectivity index (χ0n) is 9.37. The smallest absolute Gasteiger partial charge is 0.174 e. The molecule has 2 aromatic rings. The van der Waals surface area contributed by atoms with E-state index < -0.39 is 0 Å². The Morgan fingerprint density at radius 2 is 2.06 bits per heavy atom. The van der Waals surface area contributed by atoms with Crippen LogP contribution in [-0.2, 0) is 0 Å². The summed E-state index contributed by atoms with van der Waals surface area (Å²) in [5.74, 6) is 0.584. The van der Waals surface area contributed by atoms with Crippen LogP contribution in [0, 0.1) is 0 Å². The first-order chi connectivity index (χ1) is 8.27. The van der Waals surface area contributed by atoms with E-state index in [1.807, 2.05) is 16.8 Å². The molecule has 5 nitrogen and oxygen atoms in total. The topological polar surface area (TPSA) is 77.0 Å². The van der Waals surface area contributed by atoms with Crippen LogP contribution in [-0.4, -0.2) is 20.1 Å². The van der Waals surface area contributed by atoms with Gasteiger partial charge in [-0.15, -0.1) is 5.10 Å². The van der Waals surface area contributed by atoms with Crippen molar-refractivity contribution in [1.82, 2.24) is 15.0 Å². The summed E-state index contributed by atoms with van der Waals surface area (Å²) < 4.78 is 1.84. The number of aromatic hydroxyl groups is 1. The molecule has 17 heavy (non-hydrogen) atoms. The fraction of sp³-hybridized carbons (Fsp3) is 0.333. The zero-order valence-corrected chi connectivity index (χ0v) is 9.37. The third-order valence-electron chi connectivity index (χ3n) is 3.30. The highest BCUT2D eigenvalue weighted by molar-refractivity contribution is 5.75. The third kappa shape index (κ3) is 1.54. The van der Waals surface area contributed by atoms with Crippen molar-refractivity contribution in [3.63, 3.8) is 0 Å². The molecular formula is C12H14N4O. The molecule has 0 bridgehead atoms. The number of para-hydroxylation sites is 1. The maximum Gasteiger partial charge on any atom is 0.174 e. The molecule has 1 aromatic carbocycles. The summed E-state index contributed by atoms with van der Waals surface area (Å²) in [7, 11) is 0. The van der Waals surface area contributed by atoms with Crippen molar-refractivity contribution in [2.75, 3.05) is 5.73 Å². The molecule has 1 saturated carbocycles. The number of nitrogen functional groups attached to an aromatic ring is 1. The number of phenols is 1. The number of hydrogen-bond acceptors (Lipinski definition) is 4. The van der Waals surface area contributed by atoms with Crippen LogP contribution in [0.5, 0.6) is 5.75 Å².